The van der Waals surface area contributed by atoms with E-state index < -0.39 is 12.1 Å². The van der Waals surface area contributed by atoms with Gasteiger partial charge in [-0.2, -0.15) is 11.8 Å². The maximum absolute atomic E-state index is 10.7. The predicted octanol–water partition coefficient (Wildman–Crippen LogP) is 2.79. The molecule has 0 aromatic heterocycles. The second-order valence-electron chi connectivity index (χ2n) is 3.39. The van der Waals surface area contributed by atoms with Crippen LogP contribution in [0.2, 0.25) is 0 Å². The Kier molecular flexibility index (Phi) is 10.2. The highest BCUT2D eigenvalue weighted by Gasteiger charge is 2.16. The molecule has 15 heavy (non-hydrogen) atoms. The normalized spacial score (nSPS) is 12.7. The number of unbranched alkanes of at least 4 members (excludes halogenated alkanes) is 2. The number of carboxylic acids is 1. The van der Waals surface area contributed by atoms with Gasteiger partial charge in [0.2, 0.25) is 0 Å². The van der Waals surface area contributed by atoms with E-state index in [9.17, 15) is 4.79 Å². The van der Waals surface area contributed by atoms with E-state index in [-0.39, 0.29) is 0 Å². The zero-order valence-electron chi connectivity index (χ0n) is 9.70. The van der Waals surface area contributed by atoms with Crippen LogP contribution < -0.4 is 0 Å². The Morgan fingerprint density at radius 1 is 1.33 bits per heavy atom. The van der Waals surface area contributed by atoms with Gasteiger partial charge in [0, 0.05) is 6.61 Å². The second kappa shape index (κ2) is 10.3. The molecule has 0 aromatic carbocycles. The van der Waals surface area contributed by atoms with Gasteiger partial charge in [0.1, 0.15) is 0 Å². The summed E-state index contributed by atoms with van der Waals surface area (Å²) in [4.78, 5) is 10.7. The number of ether oxygens (including phenoxy) is 1. The van der Waals surface area contributed by atoms with Gasteiger partial charge in [-0.15, -0.1) is 0 Å². The summed E-state index contributed by atoms with van der Waals surface area (Å²) in [5.74, 6) is 1.17. The van der Waals surface area contributed by atoms with Crippen LogP contribution in [0, 0.1) is 0 Å². The van der Waals surface area contributed by atoms with Crippen molar-refractivity contribution in [2.75, 3.05) is 18.1 Å². The minimum atomic E-state index is -0.842. The summed E-state index contributed by atoms with van der Waals surface area (Å²) in [6.45, 7) is 4.47. The molecule has 3 nitrogen and oxygen atoms in total. The van der Waals surface area contributed by atoms with Crippen molar-refractivity contribution in [1.29, 1.82) is 0 Å². The van der Waals surface area contributed by atoms with Gasteiger partial charge < -0.3 is 9.84 Å². The van der Waals surface area contributed by atoms with Gasteiger partial charge in [-0.3, -0.25) is 0 Å². The lowest BCUT2D eigenvalue weighted by Gasteiger charge is -2.11. The molecule has 1 N–H and O–H groups in total. The molecule has 0 aliphatic heterocycles. The van der Waals surface area contributed by atoms with Crippen molar-refractivity contribution < 1.29 is 14.6 Å². The Labute approximate surface area is 96.6 Å². The third-order valence-corrected chi connectivity index (χ3v) is 3.16. The van der Waals surface area contributed by atoms with Crippen LogP contribution in [-0.2, 0) is 9.53 Å². The van der Waals surface area contributed by atoms with Gasteiger partial charge in [-0.05, 0) is 31.3 Å². The largest absolute Gasteiger partial charge is 0.479 e. The Morgan fingerprint density at radius 3 is 2.60 bits per heavy atom. The Morgan fingerprint density at radius 2 is 2.07 bits per heavy atom. The zero-order valence-corrected chi connectivity index (χ0v) is 10.5. The lowest BCUT2D eigenvalue weighted by atomic mass is 10.3. The first-order valence-electron chi connectivity index (χ1n) is 5.64. The summed E-state index contributed by atoms with van der Waals surface area (Å²) in [5.41, 5.74) is 0. The van der Waals surface area contributed by atoms with E-state index in [0.717, 1.165) is 11.5 Å². The summed E-state index contributed by atoms with van der Waals surface area (Å²) in [7, 11) is 0. The molecule has 0 saturated heterocycles. The number of hydrogen-bond acceptors (Lipinski definition) is 3. The minimum Gasteiger partial charge on any atom is -0.479 e. The molecule has 90 valence electrons. The second-order valence-corrected chi connectivity index (χ2v) is 4.62. The van der Waals surface area contributed by atoms with Crippen molar-refractivity contribution in [3.05, 3.63) is 0 Å². The molecule has 0 aliphatic rings. The van der Waals surface area contributed by atoms with E-state index >= 15 is 0 Å². The third-order valence-electron chi connectivity index (χ3n) is 2.06. The molecular weight excluding hydrogens is 212 g/mol. The monoisotopic (exact) mass is 234 g/mol. The maximum Gasteiger partial charge on any atom is 0.332 e. The van der Waals surface area contributed by atoms with E-state index in [2.05, 4.69) is 6.92 Å². The fourth-order valence-electron chi connectivity index (χ4n) is 1.23. The van der Waals surface area contributed by atoms with Crippen molar-refractivity contribution in [2.45, 2.75) is 45.6 Å². The molecule has 0 amide bonds. The zero-order chi connectivity index (χ0) is 11.5. The molecule has 0 spiro atoms. The summed E-state index contributed by atoms with van der Waals surface area (Å²) in [6.07, 6.45) is 3.72. The lowest BCUT2D eigenvalue weighted by Crippen LogP contribution is -2.24. The third kappa shape index (κ3) is 8.75. The van der Waals surface area contributed by atoms with Crippen LogP contribution in [0.1, 0.15) is 39.5 Å². The van der Waals surface area contributed by atoms with Gasteiger partial charge in [0.25, 0.3) is 0 Å². The molecule has 0 fully saturated rings. The average molecular weight is 234 g/mol. The highest BCUT2D eigenvalue weighted by molar-refractivity contribution is 7.99. The van der Waals surface area contributed by atoms with Gasteiger partial charge in [-0.1, -0.05) is 19.8 Å². The highest BCUT2D eigenvalue weighted by atomic mass is 32.2. The Hall–Kier alpha value is -0.220. The number of carboxylic acid groups (broad SMARTS) is 1. The molecule has 0 rings (SSSR count). The van der Waals surface area contributed by atoms with E-state index in [1.54, 1.807) is 0 Å². The molecule has 1 unspecified atom stereocenters. The van der Waals surface area contributed by atoms with Gasteiger partial charge in [0.15, 0.2) is 6.10 Å². The summed E-state index contributed by atoms with van der Waals surface area (Å²) in [6, 6.07) is 0. The van der Waals surface area contributed by atoms with E-state index in [0.29, 0.717) is 13.0 Å². The molecular formula is C11H22O3S. The summed E-state index contributed by atoms with van der Waals surface area (Å²) >= 11 is 1.82. The number of thioether (sulfide) groups is 1. The van der Waals surface area contributed by atoms with Crippen molar-refractivity contribution in [2.24, 2.45) is 0 Å². The van der Waals surface area contributed by atoms with Crippen molar-refractivity contribution in [1.82, 2.24) is 0 Å². The van der Waals surface area contributed by atoms with Crippen LogP contribution in [0.4, 0.5) is 0 Å². The summed E-state index contributed by atoms with van der Waals surface area (Å²) in [5, 5.41) is 8.81. The molecule has 0 radical (unpaired) electrons. The molecule has 0 aromatic rings. The van der Waals surface area contributed by atoms with Crippen LogP contribution >= 0.6 is 11.8 Å². The molecule has 1 atom stereocenters. The fraction of sp³-hybridized carbons (Fsp3) is 0.909. The smallest absolute Gasteiger partial charge is 0.332 e. The topological polar surface area (TPSA) is 46.5 Å². The standard InChI is InChI=1S/C11H22O3S/c1-3-5-6-8-15-9-7-10(11(12)13)14-4-2/h10H,3-9H2,1-2H3,(H,12,13). The molecule has 0 saturated carbocycles. The molecule has 0 bridgehead atoms. The molecule has 4 heteroatoms. The van der Waals surface area contributed by atoms with Gasteiger partial charge in [-0.25, -0.2) is 4.79 Å². The van der Waals surface area contributed by atoms with Crippen LogP contribution in [-0.4, -0.2) is 35.3 Å². The van der Waals surface area contributed by atoms with Crippen molar-refractivity contribution >= 4 is 17.7 Å². The van der Waals surface area contributed by atoms with Crippen LogP contribution in [0.3, 0.4) is 0 Å². The fourth-order valence-corrected chi connectivity index (χ4v) is 2.22. The highest BCUT2D eigenvalue weighted by Crippen LogP contribution is 2.10. The van der Waals surface area contributed by atoms with Gasteiger partial charge in [0.05, 0.1) is 0 Å². The quantitative estimate of drug-likeness (QED) is 0.590. The molecule has 0 heterocycles. The Balaban J connectivity index is 3.41. The van der Waals surface area contributed by atoms with E-state index in [4.69, 9.17) is 9.84 Å². The lowest BCUT2D eigenvalue weighted by molar-refractivity contribution is -0.150. The van der Waals surface area contributed by atoms with Gasteiger partial charge >= 0.3 is 5.97 Å². The summed E-state index contributed by atoms with van der Waals surface area (Å²) < 4.78 is 5.12. The van der Waals surface area contributed by atoms with E-state index in [1.807, 2.05) is 18.7 Å². The Bertz CT molecular complexity index is 162. The van der Waals surface area contributed by atoms with Crippen LogP contribution in [0.15, 0.2) is 0 Å². The predicted molar refractivity (Wildman–Crippen MR) is 64.5 cm³/mol. The number of carbonyl (C=O) groups is 1. The average Bonchev–Trinajstić information content (AvgIpc) is 2.21. The van der Waals surface area contributed by atoms with Crippen LogP contribution in [0.5, 0.6) is 0 Å². The SMILES string of the molecule is CCCCCSCCC(OCC)C(=O)O. The van der Waals surface area contributed by atoms with Crippen molar-refractivity contribution in [3.8, 4) is 0 Å². The molecule has 0 aliphatic carbocycles. The van der Waals surface area contributed by atoms with E-state index in [1.165, 1.54) is 19.3 Å². The first-order valence-corrected chi connectivity index (χ1v) is 6.80. The van der Waals surface area contributed by atoms with Crippen LogP contribution in [0.25, 0.3) is 0 Å². The number of rotatable bonds is 10. The van der Waals surface area contributed by atoms with Crippen molar-refractivity contribution in [3.63, 3.8) is 0 Å². The number of hydrogen-bond donors (Lipinski definition) is 1. The first kappa shape index (κ1) is 14.8. The first-order chi connectivity index (χ1) is 7.22. The maximum atomic E-state index is 10.7. The number of aliphatic carboxylic acids is 1. The minimum absolute atomic E-state index is 0.470.